The number of pyridine rings is 1. The average Bonchev–Trinajstić information content (AvgIpc) is 3.07. The van der Waals surface area contributed by atoms with Gasteiger partial charge < -0.3 is 0 Å². The van der Waals surface area contributed by atoms with Gasteiger partial charge in [-0.1, -0.05) is 121 Å². The number of aromatic nitrogens is 1. The Morgan fingerprint density at radius 2 is 0.884 bits per heavy atom. The predicted octanol–water partition coefficient (Wildman–Crippen LogP) is 11.5. The number of nitrogens with zero attached hydrogens (tertiary/aromatic N) is 1. The molecule has 0 N–H and O–H groups in total. The normalized spacial score (nSPS) is 11.4. The fourth-order valence-electron chi connectivity index (χ4n) is 6.50. The first-order chi connectivity index (χ1) is 21.2. The molecule has 0 aliphatic heterocycles. The minimum absolute atomic E-state index is 0.999. The van der Waals surface area contributed by atoms with E-state index in [1.807, 2.05) is 12.3 Å². The molecule has 0 unspecified atom stereocenters. The molecule has 8 rings (SSSR count). The summed E-state index contributed by atoms with van der Waals surface area (Å²) in [5.41, 5.74) is 10.7. The predicted molar refractivity (Wildman–Crippen MR) is 183 cm³/mol. The lowest BCUT2D eigenvalue weighted by Gasteiger charge is -2.18. The molecule has 0 saturated heterocycles. The molecule has 0 bridgehead atoms. The van der Waals surface area contributed by atoms with Crippen LogP contribution in [-0.2, 0) is 0 Å². The topological polar surface area (TPSA) is 12.9 Å². The zero-order valence-corrected chi connectivity index (χ0v) is 24.0. The molecule has 1 heteroatoms. The molecule has 202 valence electrons. The van der Waals surface area contributed by atoms with Gasteiger partial charge in [0.2, 0.25) is 0 Å². The smallest absolute Gasteiger partial charge is 0.0704 e. The lowest BCUT2D eigenvalue weighted by Crippen LogP contribution is -1.91. The van der Waals surface area contributed by atoms with Crippen molar-refractivity contribution in [2.24, 2.45) is 0 Å². The fraction of sp³-hybridized carbons (Fsp3) is 0.0238. The first-order valence-corrected chi connectivity index (χ1v) is 14.8. The molecule has 1 heterocycles. The first-order valence-electron chi connectivity index (χ1n) is 14.8. The van der Waals surface area contributed by atoms with Gasteiger partial charge in [-0.25, -0.2) is 0 Å². The maximum atomic E-state index is 4.63. The summed E-state index contributed by atoms with van der Waals surface area (Å²) in [7, 11) is 0. The quantitative estimate of drug-likeness (QED) is 0.200. The number of hydrogen-bond donors (Lipinski definition) is 0. The molecular weight excluding hydrogens is 518 g/mol. The molecule has 8 aromatic rings. The zero-order valence-electron chi connectivity index (χ0n) is 24.0. The molecule has 1 nitrogen and oxygen atoms in total. The Bertz CT molecular complexity index is 2250. The van der Waals surface area contributed by atoms with Crippen molar-refractivity contribution in [2.75, 3.05) is 0 Å². The molecule has 43 heavy (non-hydrogen) atoms. The highest BCUT2D eigenvalue weighted by Crippen LogP contribution is 2.44. The van der Waals surface area contributed by atoms with Crippen LogP contribution in [0.25, 0.3) is 77.0 Å². The summed E-state index contributed by atoms with van der Waals surface area (Å²) in [6, 6.07) is 55.1. The summed E-state index contributed by atoms with van der Waals surface area (Å²) in [5, 5.41) is 7.58. The van der Waals surface area contributed by atoms with Gasteiger partial charge in [-0.15, -0.1) is 0 Å². The van der Waals surface area contributed by atoms with E-state index >= 15 is 0 Å². The van der Waals surface area contributed by atoms with Gasteiger partial charge in [-0.2, -0.15) is 0 Å². The summed E-state index contributed by atoms with van der Waals surface area (Å²) in [6.45, 7) is 2.11. The number of hydrogen-bond acceptors (Lipinski definition) is 1. The van der Waals surface area contributed by atoms with Crippen LogP contribution in [-0.4, -0.2) is 4.98 Å². The monoisotopic (exact) mass is 547 g/mol. The summed E-state index contributed by atoms with van der Waals surface area (Å²) < 4.78 is 0. The Morgan fingerprint density at radius 1 is 0.372 bits per heavy atom. The third kappa shape index (κ3) is 4.47. The van der Waals surface area contributed by atoms with E-state index in [9.17, 15) is 0 Å². The molecule has 0 aliphatic rings. The largest absolute Gasteiger partial charge is 0.256 e. The van der Waals surface area contributed by atoms with E-state index < -0.39 is 0 Å². The molecule has 0 amide bonds. The highest BCUT2D eigenvalue weighted by Gasteiger charge is 2.17. The van der Waals surface area contributed by atoms with Crippen molar-refractivity contribution in [3.8, 4) is 44.6 Å². The Balaban J connectivity index is 1.34. The molecule has 0 spiro atoms. The van der Waals surface area contributed by atoms with Crippen LogP contribution in [0.15, 0.2) is 158 Å². The average molecular weight is 548 g/mol. The van der Waals surface area contributed by atoms with Crippen LogP contribution in [0.5, 0.6) is 0 Å². The number of benzene rings is 7. The van der Waals surface area contributed by atoms with E-state index in [-0.39, 0.29) is 0 Å². The Morgan fingerprint density at radius 3 is 1.51 bits per heavy atom. The zero-order chi connectivity index (χ0) is 28.8. The molecule has 0 saturated carbocycles. The standard InChI is InChI=1S/C42H29N/c1-28-22-23-43-40(24-28)33-14-8-12-31(25-33)32-13-9-15-34(27-32)41-36-16-4-6-18-38(36)42(39-19-7-5-17-37(39)41)35-21-20-29-10-2-3-11-30(29)26-35/h2-27H,1H3. The van der Waals surface area contributed by atoms with E-state index in [2.05, 4.69) is 158 Å². The highest BCUT2D eigenvalue weighted by molar-refractivity contribution is 6.21. The van der Waals surface area contributed by atoms with E-state index in [0.717, 1.165) is 11.3 Å². The maximum Gasteiger partial charge on any atom is 0.0704 e. The first kappa shape index (κ1) is 25.2. The van der Waals surface area contributed by atoms with E-state index in [0.29, 0.717) is 0 Å². The Labute approximate surface area is 251 Å². The lowest BCUT2D eigenvalue weighted by atomic mass is 9.85. The van der Waals surface area contributed by atoms with Crippen LogP contribution < -0.4 is 0 Å². The van der Waals surface area contributed by atoms with E-state index in [4.69, 9.17) is 0 Å². The number of rotatable bonds is 4. The second-order valence-corrected chi connectivity index (χ2v) is 11.3. The number of fused-ring (bicyclic) bond motifs is 3. The van der Waals surface area contributed by atoms with Crippen LogP contribution in [0.1, 0.15) is 5.56 Å². The van der Waals surface area contributed by atoms with E-state index in [1.54, 1.807) is 0 Å². The van der Waals surface area contributed by atoms with Gasteiger partial charge in [-0.05, 0) is 109 Å². The Kier molecular flexibility index (Phi) is 6.09. The summed E-state index contributed by atoms with van der Waals surface area (Å²) in [4.78, 5) is 4.63. The lowest BCUT2D eigenvalue weighted by molar-refractivity contribution is 1.29. The SMILES string of the molecule is Cc1ccnc(-c2cccc(-c3cccc(-c4c5ccccc5c(-c5ccc6ccccc6c5)c5ccccc45)c3)c2)c1. The van der Waals surface area contributed by atoms with Gasteiger partial charge in [0.05, 0.1) is 5.69 Å². The minimum Gasteiger partial charge on any atom is -0.256 e. The second kappa shape index (κ2) is 10.4. The molecule has 0 radical (unpaired) electrons. The Hall–Kier alpha value is -5.53. The van der Waals surface area contributed by atoms with E-state index in [1.165, 1.54) is 71.3 Å². The molecule has 0 atom stereocenters. The van der Waals surface area contributed by atoms with Gasteiger partial charge >= 0.3 is 0 Å². The summed E-state index contributed by atoms with van der Waals surface area (Å²) in [6.07, 6.45) is 1.88. The number of aryl methyl sites for hydroxylation is 1. The third-order valence-electron chi connectivity index (χ3n) is 8.53. The second-order valence-electron chi connectivity index (χ2n) is 11.3. The van der Waals surface area contributed by atoms with Crippen molar-refractivity contribution in [3.05, 3.63) is 163 Å². The maximum absolute atomic E-state index is 4.63. The van der Waals surface area contributed by atoms with Gasteiger partial charge in [0.25, 0.3) is 0 Å². The highest BCUT2D eigenvalue weighted by atomic mass is 14.7. The van der Waals surface area contributed by atoms with Crippen molar-refractivity contribution < 1.29 is 0 Å². The summed E-state index contributed by atoms with van der Waals surface area (Å²) >= 11 is 0. The van der Waals surface area contributed by atoms with Crippen LogP contribution in [0, 0.1) is 6.92 Å². The molecule has 7 aromatic carbocycles. The van der Waals surface area contributed by atoms with Gasteiger partial charge in [-0.3, -0.25) is 4.98 Å². The molecular formula is C42H29N. The van der Waals surface area contributed by atoms with Crippen LogP contribution in [0.3, 0.4) is 0 Å². The van der Waals surface area contributed by atoms with Gasteiger partial charge in [0.1, 0.15) is 0 Å². The van der Waals surface area contributed by atoms with Crippen LogP contribution in [0.4, 0.5) is 0 Å². The van der Waals surface area contributed by atoms with Crippen molar-refractivity contribution in [3.63, 3.8) is 0 Å². The van der Waals surface area contributed by atoms with Gasteiger partial charge in [0, 0.05) is 11.8 Å². The fourth-order valence-corrected chi connectivity index (χ4v) is 6.50. The van der Waals surface area contributed by atoms with Crippen molar-refractivity contribution in [1.29, 1.82) is 0 Å². The summed E-state index contributed by atoms with van der Waals surface area (Å²) in [5.74, 6) is 0. The minimum atomic E-state index is 0.999. The van der Waals surface area contributed by atoms with Gasteiger partial charge in [0.15, 0.2) is 0 Å². The molecule has 0 aliphatic carbocycles. The van der Waals surface area contributed by atoms with Crippen LogP contribution in [0.2, 0.25) is 0 Å². The van der Waals surface area contributed by atoms with Crippen molar-refractivity contribution >= 4 is 32.3 Å². The van der Waals surface area contributed by atoms with Crippen molar-refractivity contribution in [2.45, 2.75) is 6.92 Å². The molecule has 1 aromatic heterocycles. The third-order valence-corrected chi connectivity index (χ3v) is 8.53. The molecule has 0 fully saturated rings. The van der Waals surface area contributed by atoms with Crippen LogP contribution >= 0.6 is 0 Å². The van der Waals surface area contributed by atoms with Crippen molar-refractivity contribution in [1.82, 2.24) is 4.98 Å².